The molecule has 2 saturated heterocycles. The molecule has 0 bridgehead atoms. The molecule has 3 heterocycles. The summed E-state index contributed by atoms with van der Waals surface area (Å²) in [6.45, 7) is 8.47. The van der Waals surface area contributed by atoms with Crippen LogP contribution in [0.2, 0.25) is 0 Å². The fourth-order valence-corrected chi connectivity index (χ4v) is 6.24. The van der Waals surface area contributed by atoms with Crippen LogP contribution in [0.3, 0.4) is 0 Å². The van der Waals surface area contributed by atoms with Gasteiger partial charge in [-0.2, -0.15) is 4.31 Å². The number of hydrogen-bond donors (Lipinski definition) is 3. The summed E-state index contributed by atoms with van der Waals surface area (Å²) < 4.78 is 25.4. The Morgan fingerprint density at radius 2 is 1.79 bits per heavy atom. The molecule has 11 nitrogen and oxygen atoms in total. The van der Waals surface area contributed by atoms with Gasteiger partial charge in [0.2, 0.25) is 28.2 Å². The molecule has 2 aliphatic heterocycles. The summed E-state index contributed by atoms with van der Waals surface area (Å²) in [5.74, 6) is -0.349. The number of aromatic nitrogens is 1. The van der Waals surface area contributed by atoms with E-state index in [0.717, 1.165) is 10.9 Å². The molecule has 3 N–H and O–H groups in total. The lowest BCUT2D eigenvalue weighted by Crippen LogP contribution is -2.58. The zero-order valence-electron chi connectivity index (χ0n) is 23.5. The van der Waals surface area contributed by atoms with E-state index in [1.54, 1.807) is 25.1 Å². The maximum atomic E-state index is 13.3. The number of likely N-dealkylation sites (tertiary alicyclic amines) is 1. The highest BCUT2D eigenvalue weighted by molar-refractivity contribution is 7.88. The number of anilines is 1. The van der Waals surface area contributed by atoms with Gasteiger partial charge in [-0.25, -0.2) is 8.42 Å². The maximum Gasteiger partial charge on any atom is 0.245 e. The number of nitrogens with zero attached hydrogens (tertiary/aromatic N) is 3. The number of carbonyl (C=O) groups excluding carboxylic acids is 3. The Labute approximate surface area is 230 Å². The Morgan fingerprint density at radius 1 is 1.13 bits per heavy atom. The van der Waals surface area contributed by atoms with Gasteiger partial charge in [0.15, 0.2) is 0 Å². The summed E-state index contributed by atoms with van der Waals surface area (Å²) in [6, 6.07) is 8.33. The number of nitrogens with one attached hydrogen (secondary N) is 3. The standard InChI is InChI=1S/C17H32N4O4S.C10H8N2O/c1-11(18-5)15(22)19-14(17(2,3)4)16(23)20-9-7-13-12(20)8-10-21(13)26(6,24)25;13-7-12-9-5-8-3-1-2-4-10(8)11-6-9/h11-14,18H,7-10H2,1-6H3,(H,19,22);1-7H,(H,12,13)/t11-,12?,13?,14?;/m0./s1. The third kappa shape index (κ3) is 7.31. The van der Waals surface area contributed by atoms with E-state index in [-0.39, 0.29) is 23.9 Å². The highest BCUT2D eigenvalue weighted by Crippen LogP contribution is 2.35. The number of likely N-dealkylation sites (N-methyl/N-ethyl adjacent to an activating group) is 1. The van der Waals surface area contributed by atoms with E-state index >= 15 is 0 Å². The second kappa shape index (κ2) is 12.4. The summed E-state index contributed by atoms with van der Waals surface area (Å²) in [5, 5.41) is 9.34. The number of amides is 3. The number of rotatable bonds is 7. The summed E-state index contributed by atoms with van der Waals surface area (Å²) in [7, 11) is -1.57. The molecule has 1 aromatic carbocycles. The number of carbonyl (C=O) groups is 3. The summed E-state index contributed by atoms with van der Waals surface area (Å²) in [4.78, 5) is 41.7. The van der Waals surface area contributed by atoms with Crippen molar-refractivity contribution >= 4 is 44.8 Å². The van der Waals surface area contributed by atoms with Crippen molar-refractivity contribution in [1.82, 2.24) is 24.8 Å². The van der Waals surface area contributed by atoms with Crippen molar-refractivity contribution in [2.45, 2.75) is 64.7 Å². The zero-order valence-corrected chi connectivity index (χ0v) is 24.3. The molecule has 0 spiro atoms. The van der Waals surface area contributed by atoms with Crippen LogP contribution in [0.4, 0.5) is 5.69 Å². The van der Waals surface area contributed by atoms with Crippen molar-refractivity contribution in [3.8, 4) is 0 Å². The molecule has 12 heteroatoms. The lowest BCUT2D eigenvalue weighted by atomic mass is 9.85. The Kier molecular flexibility index (Phi) is 9.68. The molecule has 39 heavy (non-hydrogen) atoms. The molecule has 2 fully saturated rings. The SMILES string of the molecule is CN[C@@H](C)C(=O)NC(C(=O)N1CCC2C1CCN2S(C)(=O)=O)C(C)(C)C.O=CNc1cnc2ccccc2c1. The number of sulfonamides is 1. The number of pyridine rings is 1. The van der Waals surface area contributed by atoms with Crippen LogP contribution < -0.4 is 16.0 Å². The van der Waals surface area contributed by atoms with Crippen LogP contribution in [-0.4, -0.2) is 91.4 Å². The smallest absolute Gasteiger partial charge is 0.245 e. The van der Waals surface area contributed by atoms with Gasteiger partial charge in [-0.05, 0) is 44.4 Å². The van der Waals surface area contributed by atoms with E-state index in [9.17, 15) is 22.8 Å². The van der Waals surface area contributed by atoms with Gasteiger partial charge in [-0.1, -0.05) is 39.0 Å². The van der Waals surface area contributed by atoms with Gasteiger partial charge < -0.3 is 20.9 Å². The van der Waals surface area contributed by atoms with Crippen molar-refractivity contribution in [2.24, 2.45) is 5.41 Å². The summed E-state index contributed by atoms with van der Waals surface area (Å²) in [5.41, 5.74) is 1.19. The van der Waals surface area contributed by atoms with E-state index in [2.05, 4.69) is 20.9 Å². The van der Waals surface area contributed by atoms with Crippen LogP contribution in [0.25, 0.3) is 10.9 Å². The number of para-hydroxylation sites is 1. The molecule has 0 saturated carbocycles. The Hall–Kier alpha value is -3.09. The lowest BCUT2D eigenvalue weighted by Gasteiger charge is -2.36. The molecule has 0 radical (unpaired) electrons. The second-order valence-electron chi connectivity index (χ2n) is 11.1. The minimum absolute atomic E-state index is 0.110. The molecule has 2 aromatic rings. The van der Waals surface area contributed by atoms with Gasteiger partial charge in [-0.3, -0.25) is 19.4 Å². The second-order valence-corrected chi connectivity index (χ2v) is 13.0. The first-order valence-corrected chi connectivity index (χ1v) is 14.9. The van der Waals surface area contributed by atoms with E-state index in [1.807, 2.05) is 51.1 Å². The molecular formula is C27H40N6O5S. The van der Waals surface area contributed by atoms with Crippen LogP contribution in [0.15, 0.2) is 36.5 Å². The van der Waals surface area contributed by atoms with Crippen LogP contribution in [0, 0.1) is 5.41 Å². The summed E-state index contributed by atoms with van der Waals surface area (Å²) >= 11 is 0. The Balaban J connectivity index is 0.000000268. The zero-order chi connectivity index (χ0) is 29.0. The average molecular weight is 561 g/mol. The third-order valence-electron chi connectivity index (χ3n) is 7.28. The fraction of sp³-hybridized carbons (Fsp3) is 0.556. The molecule has 4 atom stereocenters. The van der Waals surface area contributed by atoms with E-state index < -0.39 is 27.5 Å². The van der Waals surface area contributed by atoms with Crippen molar-refractivity contribution in [1.29, 1.82) is 0 Å². The largest absolute Gasteiger partial charge is 0.342 e. The molecular weight excluding hydrogens is 520 g/mol. The Morgan fingerprint density at radius 3 is 2.41 bits per heavy atom. The molecule has 3 unspecified atom stereocenters. The predicted molar refractivity (Wildman–Crippen MR) is 151 cm³/mol. The van der Waals surface area contributed by atoms with Gasteiger partial charge in [0, 0.05) is 30.6 Å². The fourth-order valence-electron chi connectivity index (χ4n) is 5.06. The normalized spacial score (nSPS) is 20.9. The van der Waals surface area contributed by atoms with Gasteiger partial charge >= 0.3 is 0 Å². The topological polar surface area (TPSA) is 141 Å². The van der Waals surface area contributed by atoms with Gasteiger partial charge in [0.1, 0.15) is 6.04 Å². The monoisotopic (exact) mass is 560 g/mol. The van der Waals surface area contributed by atoms with E-state index in [1.165, 1.54) is 10.6 Å². The Bertz CT molecular complexity index is 1300. The van der Waals surface area contributed by atoms with Crippen molar-refractivity contribution < 1.29 is 22.8 Å². The number of benzene rings is 1. The van der Waals surface area contributed by atoms with Crippen LogP contribution in [0.1, 0.15) is 40.5 Å². The minimum Gasteiger partial charge on any atom is -0.342 e. The van der Waals surface area contributed by atoms with Crippen LogP contribution in [0.5, 0.6) is 0 Å². The quantitative estimate of drug-likeness (QED) is 0.437. The van der Waals surface area contributed by atoms with Crippen LogP contribution in [-0.2, 0) is 24.4 Å². The van der Waals surface area contributed by atoms with E-state index in [4.69, 9.17) is 0 Å². The maximum absolute atomic E-state index is 13.3. The van der Waals surface area contributed by atoms with Crippen LogP contribution >= 0.6 is 0 Å². The molecule has 4 rings (SSSR count). The number of hydrogen-bond acceptors (Lipinski definition) is 7. The first kappa shape index (κ1) is 30.5. The molecule has 0 aliphatic carbocycles. The highest BCUT2D eigenvalue weighted by atomic mass is 32.2. The average Bonchev–Trinajstić information content (AvgIpc) is 3.48. The minimum atomic E-state index is -3.27. The van der Waals surface area contributed by atoms with Crippen molar-refractivity contribution in [2.75, 3.05) is 31.7 Å². The molecule has 1 aromatic heterocycles. The van der Waals surface area contributed by atoms with Gasteiger partial charge in [-0.15, -0.1) is 0 Å². The van der Waals surface area contributed by atoms with Crippen molar-refractivity contribution in [3.05, 3.63) is 36.5 Å². The molecule has 214 valence electrons. The molecule has 3 amide bonds. The lowest BCUT2D eigenvalue weighted by molar-refractivity contribution is -0.140. The summed E-state index contributed by atoms with van der Waals surface area (Å²) in [6.07, 6.45) is 4.78. The van der Waals surface area contributed by atoms with Gasteiger partial charge in [0.25, 0.3) is 0 Å². The van der Waals surface area contributed by atoms with Crippen molar-refractivity contribution in [3.63, 3.8) is 0 Å². The van der Waals surface area contributed by atoms with E-state index in [0.29, 0.717) is 38.0 Å². The van der Waals surface area contributed by atoms with Gasteiger partial charge in [0.05, 0.1) is 29.7 Å². The predicted octanol–water partition coefficient (Wildman–Crippen LogP) is 1.56. The highest BCUT2D eigenvalue weighted by Gasteiger charge is 2.49. The first-order chi connectivity index (χ1) is 18.3. The first-order valence-electron chi connectivity index (χ1n) is 13.1. The third-order valence-corrected chi connectivity index (χ3v) is 8.58. The molecule has 2 aliphatic rings. The number of fused-ring (bicyclic) bond motifs is 2.